The highest BCUT2D eigenvalue weighted by molar-refractivity contribution is 7.98. The lowest BCUT2D eigenvalue weighted by molar-refractivity contribution is 0.0513. The maximum Gasteiger partial charge on any atom is 0.356 e. The van der Waals surface area contributed by atoms with E-state index < -0.39 is 16.0 Å². The van der Waals surface area contributed by atoms with E-state index in [1.54, 1.807) is 33.2 Å². The van der Waals surface area contributed by atoms with Crippen LogP contribution in [0.5, 0.6) is 0 Å². The van der Waals surface area contributed by atoms with Crippen molar-refractivity contribution in [2.75, 3.05) is 31.4 Å². The molecule has 4 rings (SSSR count). The van der Waals surface area contributed by atoms with Crippen LogP contribution < -0.4 is 4.90 Å². The number of hydrogen-bond donors (Lipinski definition) is 0. The summed E-state index contributed by atoms with van der Waals surface area (Å²) in [5.74, 6) is -0.467. The van der Waals surface area contributed by atoms with Crippen LogP contribution in [0.4, 0.5) is 11.4 Å². The fraction of sp³-hybridized carbons (Fsp3) is 0.407. The number of carbonyl (C=O) groups is 1. The predicted octanol–water partition coefficient (Wildman–Crippen LogP) is 5.32. The van der Waals surface area contributed by atoms with E-state index in [2.05, 4.69) is 16.9 Å². The van der Waals surface area contributed by atoms with Crippen molar-refractivity contribution in [2.45, 2.75) is 48.9 Å². The minimum Gasteiger partial charge on any atom is -0.461 e. The monoisotopic (exact) mass is 542 g/mol. The molecule has 1 unspecified atom stereocenters. The van der Waals surface area contributed by atoms with Crippen LogP contribution in [-0.4, -0.2) is 61.0 Å². The maximum absolute atomic E-state index is 14.0. The molecule has 0 saturated heterocycles. The number of esters is 1. The van der Waals surface area contributed by atoms with Gasteiger partial charge in [-0.05, 0) is 49.9 Å². The number of para-hydroxylation sites is 1. The molecule has 37 heavy (non-hydrogen) atoms. The molecule has 2 heterocycles. The van der Waals surface area contributed by atoms with Crippen molar-refractivity contribution in [3.05, 3.63) is 54.2 Å². The summed E-state index contributed by atoms with van der Waals surface area (Å²) in [6, 6.07) is 15.0. The molecule has 0 aliphatic carbocycles. The zero-order valence-electron chi connectivity index (χ0n) is 22.0. The smallest absolute Gasteiger partial charge is 0.356 e. The number of sulfonamides is 1. The summed E-state index contributed by atoms with van der Waals surface area (Å²) in [6.07, 6.45) is 4.66. The molecule has 1 aliphatic rings. The first-order valence-corrected chi connectivity index (χ1v) is 15.1. The number of hydrogen-bond acceptors (Lipinski definition) is 7. The molecule has 1 atom stereocenters. The van der Waals surface area contributed by atoms with E-state index in [4.69, 9.17) is 4.74 Å². The summed E-state index contributed by atoms with van der Waals surface area (Å²) in [5.41, 5.74) is 3.08. The van der Waals surface area contributed by atoms with Gasteiger partial charge in [-0.1, -0.05) is 38.0 Å². The molecule has 0 N–H and O–H groups in total. The minimum absolute atomic E-state index is 0.177. The Morgan fingerprint density at radius 1 is 1.14 bits per heavy atom. The van der Waals surface area contributed by atoms with Crippen molar-refractivity contribution >= 4 is 39.1 Å². The molecule has 10 heteroatoms. The standard InChI is InChI=1S/C27H34N4O4S2/c1-6-8-12-20-18-31(19-13-10-9-11-14-19)23-17-25(36-5)21(15-26(23)37(33,34)30(20)4)22-16-24(29(3)28-22)27(32)35-7-2/h9-11,13-17,20H,6-8,12,18H2,1-5H3. The number of aryl methyl sites for hydroxylation is 1. The second-order valence-electron chi connectivity index (χ2n) is 9.04. The highest BCUT2D eigenvalue weighted by Gasteiger charge is 2.37. The molecule has 0 amide bonds. The van der Waals surface area contributed by atoms with Crippen LogP contribution in [0, 0.1) is 0 Å². The summed E-state index contributed by atoms with van der Waals surface area (Å²) >= 11 is 1.52. The normalized spacial score (nSPS) is 17.3. The van der Waals surface area contributed by atoms with Crippen LogP contribution in [0.2, 0.25) is 0 Å². The fourth-order valence-corrected chi connectivity index (χ4v) is 6.86. The summed E-state index contributed by atoms with van der Waals surface area (Å²) < 4.78 is 36.2. The number of anilines is 2. The van der Waals surface area contributed by atoms with E-state index in [1.807, 2.05) is 42.7 Å². The molecule has 0 bridgehead atoms. The number of nitrogens with zero attached hydrogens (tertiary/aromatic N) is 4. The summed E-state index contributed by atoms with van der Waals surface area (Å²) in [6.45, 7) is 4.67. The minimum atomic E-state index is -3.81. The molecule has 8 nitrogen and oxygen atoms in total. The molecule has 0 spiro atoms. The molecular formula is C27H34N4O4S2. The third kappa shape index (κ3) is 5.28. The molecule has 2 aromatic carbocycles. The van der Waals surface area contributed by atoms with Crippen LogP contribution in [0.3, 0.4) is 0 Å². The zero-order valence-corrected chi connectivity index (χ0v) is 23.6. The van der Waals surface area contributed by atoms with Gasteiger partial charge in [0.05, 0.1) is 18.0 Å². The lowest BCUT2D eigenvalue weighted by atomic mass is 10.1. The Bertz CT molecular complexity index is 1370. The molecular weight excluding hydrogens is 508 g/mol. The number of likely N-dealkylation sites (N-methyl/N-ethyl adjacent to an activating group) is 1. The fourth-order valence-electron chi connectivity index (χ4n) is 4.67. The first-order chi connectivity index (χ1) is 17.7. The maximum atomic E-state index is 14.0. The van der Waals surface area contributed by atoms with Gasteiger partial charge < -0.3 is 9.64 Å². The predicted molar refractivity (Wildman–Crippen MR) is 148 cm³/mol. The second-order valence-corrected chi connectivity index (χ2v) is 11.9. The summed E-state index contributed by atoms with van der Waals surface area (Å²) in [7, 11) is -0.450. The number of rotatable bonds is 8. The molecule has 0 saturated carbocycles. The van der Waals surface area contributed by atoms with Crippen molar-refractivity contribution in [1.82, 2.24) is 14.1 Å². The molecule has 1 aliphatic heterocycles. The molecule has 1 aromatic heterocycles. The van der Waals surface area contributed by atoms with Crippen molar-refractivity contribution in [1.29, 1.82) is 0 Å². The first kappa shape index (κ1) is 27.2. The van der Waals surface area contributed by atoms with Crippen molar-refractivity contribution in [2.24, 2.45) is 7.05 Å². The Morgan fingerprint density at radius 2 is 1.86 bits per heavy atom. The quantitative estimate of drug-likeness (QED) is 0.281. The Balaban J connectivity index is 1.93. The van der Waals surface area contributed by atoms with Crippen LogP contribution in [0.15, 0.2) is 58.3 Å². The largest absolute Gasteiger partial charge is 0.461 e. The highest BCUT2D eigenvalue weighted by Crippen LogP contribution is 2.43. The third-order valence-corrected chi connectivity index (χ3v) is 9.45. The Hall–Kier alpha value is -2.82. The van der Waals surface area contributed by atoms with E-state index in [-0.39, 0.29) is 17.5 Å². The average Bonchev–Trinajstić information content (AvgIpc) is 3.26. The van der Waals surface area contributed by atoms with E-state index in [0.717, 1.165) is 29.8 Å². The number of aromatic nitrogens is 2. The Kier molecular flexibility index (Phi) is 8.30. The van der Waals surface area contributed by atoms with Gasteiger partial charge in [0.25, 0.3) is 0 Å². The van der Waals surface area contributed by atoms with Crippen LogP contribution >= 0.6 is 11.8 Å². The summed E-state index contributed by atoms with van der Waals surface area (Å²) in [5, 5.41) is 4.55. The number of carbonyl (C=O) groups excluding carboxylic acids is 1. The molecule has 3 aromatic rings. The highest BCUT2D eigenvalue weighted by atomic mass is 32.2. The van der Waals surface area contributed by atoms with Gasteiger partial charge in [0, 0.05) is 42.8 Å². The van der Waals surface area contributed by atoms with E-state index >= 15 is 0 Å². The number of fused-ring (bicyclic) bond motifs is 1. The van der Waals surface area contributed by atoms with E-state index in [9.17, 15) is 13.2 Å². The molecule has 0 radical (unpaired) electrons. The SMILES string of the molecule is CCCCC1CN(c2ccccc2)c2cc(SC)c(-c3cc(C(=O)OCC)n(C)n3)cc2S(=O)(=O)N1C. The van der Waals surface area contributed by atoms with Gasteiger partial charge in [0.15, 0.2) is 0 Å². The van der Waals surface area contributed by atoms with Crippen molar-refractivity contribution in [3.63, 3.8) is 0 Å². The summed E-state index contributed by atoms with van der Waals surface area (Å²) in [4.78, 5) is 15.6. The molecule has 198 valence electrons. The van der Waals surface area contributed by atoms with Gasteiger partial charge in [-0.3, -0.25) is 4.68 Å². The third-order valence-electron chi connectivity index (χ3n) is 6.74. The first-order valence-electron chi connectivity index (χ1n) is 12.5. The average molecular weight is 543 g/mol. The van der Waals surface area contributed by atoms with Gasteiger partial charge in [-0.25, -0.2) is 13.2 Å². The lowest BCUT2D eigenvalue weighted by Gasteiger charge is -2.29. The van der Waals surface area contributed by atoms with Crippen molar-refractivity contribution in [3.8, 4) is 11.3 Å². The number of ether oxygens (including phenoxy) is 1. The van der Waals surface area contributed by atoms with Gasteiger partial charge in [-0.2, -0.15) is 9.40 Å². The lowest BCUT2D eigenvalue weighted by Crippen LogP contribution is -2.40. The topological polar surface area (TPSA) is 84.7 Å². The molecule has 0 fully saturated rings. The van der Waals surface area contributed by atoms with E-state index in [1.165, 1.54) is 20.7 Å². The van der Waals surface area contributed by atoms with Gasteiger partial charge in [0.1, 0.15) is 10.6 Å². The zero-order chi connectivity index (χ0) is 26.7. The van der Waals surface area contributed by atoms with Crippen LogP contribution in [0.25, 0.3) is 11.3 Å². The van der Waals surface area contributed by atoms with Gasteiger partial charge in [-0.15, -0.1) is 11.8 Å². The number of unbranched alkanes of at least 4 members (excludes halogenated alkanes) is 1. The number of thioether (sulfide) groups is 1. The van der Waals surface area contributed by atoms with Crippen molar-refractivity contribution < 1.29 is 17.9 Å². The second kappa shape index (κ2) is 11.3. The van der Waals surface area contributed by atoms with Gasteiger partial charge in [0.2, 0.25) is 10.0 Å². The van der Waals surface area contributed by atoms with E-state index in [0.29, 0.717) is 29.2 Å². The number of benzene rings is 2. The Morgan fingerprint density at radius 3 is 2.51 bits per heavy atom. The van der Waals surface area contributed by atoms with Crippen LogP contribution in [0.1, 0.15) is 43.6 Å². The Labute approximate surface area is 223 Å². The van der Waals surface area contributed by atoms with Crippen LogP contribution in [-0.2, 0) is 21.8 Å². The van der Waals surface area contributed by atoms with Gasteiger partial charge >= 0.3 is 5.97 Å².